The van der Waals surface area contributed by atoms with Crippen LogP contribution < -0.4 is 0 Å². The minimum atomic E-state index is -1.16. The van der Waals surface area contributed by atoms with E-state index in [4.69, 9.17) is 22.6 Å². The van der Waals surface area contributed by atoms with E-state index in [0.29, 0.717) is 19.6 Å². The molecule has 19 heavy (non-hydrogen) atoms. The zero-order valence-electron chi connectivity index (χ0n) is 10.8. The molecule has 0 unspecified atom stereocenters. The van der Waals surface area contributed by atoms with Crippen molar-refractivity contribution < 1.29 is 9.47 Å². The molecule has 1 spiro atoms. The summed E-state index contributed by atoms with van der Waals surface area (Å²) in [6.07, 6.45) is 7.99. The first-order chi connectivity index (χ1) is 9.26. The van der Waals surface area contributed by atoms with E-state index in [1.807, 2.05) is 6.08 Å². The van der Waals surface area contributed by atoms with E-state index in [1.165, 1.54) is 5.57 Å². The molecule has 0 aromatic carbocycles. The smallest absolute Gasteiger partial charge is 0.343 e. The first-order valence-electron chi connectivity index (χ1n) is 6.69. The largest absolute Gasteiger partial charge is 0.514 e. The van der Waals surface area contributed by atoms with Gasteiger partial charge in [0.15, 0.2) is 5.57 Å². The third-order valence-electron chi connectivity index (χ3n) is 4.18. The predicted octanol–water partition coefficient (Wildman–Crippen LogP) is 3.09. The van der Waals surface area contributed by atoms with Crippen LogP contribution in [0.3, 0.4) is 0 Å². The Labute approximate surface area is 113 Å². The number of allylic oxidation sites excluding steroid dienone is 2. The zero-order valence-corrected chi connectivity index (χ0v) is 10.8. The molecular weight excluding hydrogens is 240 g/mol. The third-order valence-corrected chi connectivity index (χ3v) is 4.18. The van der Waals surface area contributed by atoms with E-state index in [-0.39, 0.29) is 0 Å². The second kappa shape index (κ2) is 4.49. The normalized spacial score (nSPS) is 27.5. The Kier molecular flexibility index (Phi) is 2.93. The molecular formula is C15H16N2O2. The Hall–Kier alpha value is -1.62. The topological polar surface area (TPSA) is 27.2 Å². The van der Waals surface area contributed by atoms with Crippen molar-refractivity contribution in [2.75, 3.05) is 13.2 Å². The van der Waals surface area contributed by atoms with Gasteiger partial charge in [-0.25, -0.2) is 22.8 Å². The van der Waals surface area contributed by atoms with Crippen molar-refractivity contribution in [1.29, 1.82) is 0 Å². The first kappa shape index (κ1) is 12.4. The Morgan fingerprint density at radius 3 is 2.53 bits per heavy atom. The summed E-state index contributed by atoms with van der Waals surface area (Å²) in [5, 5.41) is 0. The van der Waals surface area contributed by atoms with Gasteiger partial charge in [0, 0.05) is 6.42 Å². The summed E-state index contributed by atoms with van der Waals surface area (Å²) in [4.78, 5) is 7.38. The molecule has 3 rings (SSSR count). The van der Waals surface area contributed by atoms with E-state index in [1.54, 1.807) is 0 Å². The van der Waals surface area contributed by atoms with Crippen LogP contribution in [-0.4, -0.2) is 24.7 Å². The van der Waals surface area contributed by atoms with Gasteiger partial charge >= 0.3 is 5.66 Å². The molecule has 4 nitrogen and oxygen atoms in total. The molecule has 0 aromatic heterocycles. The maximum atomic E-state index is 7.54. The summed E-state index contributed by atoms with van der Waals surface area (Å²) < 4.78 is 11.7. The number of fused-ring (bicyclic) bond motifs is 1. The highest BCUT2D eigenvalue weighted by Gasteiger charge is 2.62. The Bertz CT molecular complexity index is 513. The highest BCUT2D eigenvalue weighted by Crippen LogP contribution is 2.50. The highest BCUT2D eigenvalue weighted by molar-refractivity contribution is 5.44. The van der Waals surface area contributed by atoms with Crippen LogP contribution in [0.15, 0.2) is 23.3 Å². The van der Waals surface area contributed by atoms with Crippen LogP contribution in [-0.2, 0) is 9.47 Å². The molecule has 2 aliphatic carbocycles. The number of rotatable bonds is 0. The fourth-order valence-corrected chi connectivity index (χ4v) is 3.39. The molecule has 4 heteroatoms. The molecule has 0 bridgehead atoms. The van der Waals surface area contributed by atoms with Crippen LogP contribution in [0.4, 0.5) is 0 Å². The van der Waals surface area contributed by atoms with Crippen LogP contribution in [0, 0.1) is 13.1 Å². The van der Waals surface area contributed by atoms with Crippen molar-refractivity contribution in [3.8, 4) is 0 Å². The Morgan fingerprint density at radius 1 is 1.11 bits per heavy atom. The average molecular weight is 256 g/mol. The van der Waals surface area contributed by atoms with Crippen LogP contribution in [0.1, 0.15) is 32.1 Å². The van der Waals surface area contributed by atoms with Gasteiger partial charge in [-0.05, 0) is 24.8 Å². The fourth-order valence-electron chi connectivity index (χ4n) is 3.39. The van der Waals surface area contributed by atoms with Gasteiger partial charge in [0.2, 0.25) is 5.79 Å². The van der Waals surface area contributed by atoms with Crippen LogP contribution >= 0.6 is 0 Å². The van der Waals surface area contributed by atoms with Gasteiger partial charge in [0.25, 0.3) is 0 Å². The zero-order chi connectivity index (χ0) is 13.3. The van der Waals surface area contributed by atoms with Crippen LogP contribution in [0.2, 0.25) is 0 Å². The Morgan fingerprint density at radius 2 is 1.84 bits per heavy atom. The molecule has 0 radical (unpaired) electrons. The summed E-state index contributed by atoms with van der Waals surface area (Å²) in [6, 6.07) is 0. The van der Waals surface area contributed by atoms with Gasteiger partial charge in [-0.1, -0.05) is 12.2 Å². The maximum absolute atomic E-state index is 7.54. The lowest BCUT2D eigenvalue weighted by atomic mass is 9.78. The van der Waals surface area contributed by atoms with Crippen molar-refractivity contribution in [3.63, 3.8) is 0 Å². The minimum absolute atomic E-state index is 0.438. The number of nitrogens with zero attached hydrogens (tertiary/aromatic N) is 2. The molecule has 1 fully saturated rings. The van der Waals surface area contributed by atoms with E-state index in [2.05, 4.69) is 15.8 Å². The monoisotopic (exact) mass is 256 g/mol. The van der Waals surface area contributed by atoms with E-state index < -0.39 is 11.4 Å². The van der Waals surface area contributed by atoms with Crippen molar-refractivity contribution in [3.05, 3.63) is 46.1 Å². The second-order valence-corrected chi connectivity index (χ2v) is 5.20. The summed E-state index contributed by atoms with van der Waals surface area (Å²) in [7, 11) is 0. The van der Waals surface area contributed by atoms with E-state index >= 15 is 0 Å². The third kappa shape index (κ3) is 1.72. The number of hydrogen-bond donors (Lipinski definition) is 0. The lowest BCUT2D eigenvalue weighted by Crippen LogP contribution is -2.44. The lowest BCUT2D eigenvalue weighted by Gasteiger charge is -2.35. The van der Waals surface area contributed by atoms with Crippen LogP contribution in [0.25, 0.3) is 9.69 Å². The van der Waals surface area contributed by atoms with Gasteiger partial charge in [-0.3, -0.25) is 0 Å². The molecule has 1 heterocycles. The standard InChI is InChI=1S/C15H16N2O2/c1-16-14(17-2)8-4-3-6-12-7-5-9-15(13(12)14)18-10-11-19-15/h3-4H,5-11H2. The molecule has 0 atom stereocenters. The molecule has 3 aliphatic rings. The number of ether oxygens (including phenoxy) is 2. The molecule has 0 aromatic rings. The van der Waals surface area contributed by atoms with Crippen LogP contribution in [0.5, 0.6) is 0 Å². The van der Waals surface area contributed by atoms with Crippen molar-refractivity contribution in [1.82, 2.24) is 0 Å². The van der Waals surface area contributed by atoms with Gasteiger partial charge in [0.1, 0.15) is 6.42 Å². The molecule has 1 saturated heterocycles. The summed E-state index contributed by atoms with van der Waals surface area (Å²) in [5.74, 6) is -0.797. The Balaban J connectivity index is 2.19. The van der Waals surface area contributed by atoms with E-state index in [0.717, 1.165) is 31.3 Å². The SMILES string of the molecule is [C-]#[N+]C1([N+]#[C-])CC=CCC2=C1C1(CCC2)OCCO1. The summed E-state index contributed by atoms with van der Waals surface area (Å²) in [6.45, 7) is 16.2. The highest BCUT2D eigenvalue weighted by atomic mass is 16.7. The van der Waals surface area contributed by atoms with Gasteiger partial charge in [0.05, 0.1) is 13.2 Å². The molecule has 0 amide bonds. The molecule has 0 N–H and O–H groups in total. The van der Waals surface area contributed by atoms with Gasteiger partial charge < -0.3 is 9.47 Å². The van der Waals surface area contributed by atoms with E-state index in [9.17, 15) is 0 Å². The molecule has 1 aliphatic heterocycles. The molecule has 0 saturated carbocycles. The minimum Gasteiger partial charge on any atom is -0.343 e. The van der Waals surface area contributed by atoms with Crippen molar-refractivity contribution in [2.24, 2.45) is 0 Å². The molecule has 98 valence electrons. The van der Waals surface area contributed by atoms with Gasteiger partial charge in [-0.15, -0.1) is 0 Å². The number of hydrogen-bond acceptors (Lipinski definition) is 2. The predicted molar refractivity (Wildman–Crippen MR) is 69.8 cm³/mol. The van der Waals surface area contributed by atoms with Crippen molar-refractivity contribution in [2.45, 2.75) is 43.6 Å². The fraction of sp³-hybridized carbons (Fsp3) is 0.600. The summed E-state index contributed by atoms with van der Waals surface area (Å²) >= 11 is 0. The average Bonchev–Trinajstić information content (AvgIpc) is 2.80. The lowest BCUT2D eigenvalue weighted by molar-refractivity contribution is -0.140. The van der Waals surface area contributed by atoms with Gasteiger partial charge in [-0.2, -0.15) is 0 Å². The van der Waals surface area contributed by atoms with Crippen molar-refractivity contribution >= 4 is 0 Å². The summed E-state index contributed by atoms with van der Waals surface area (Å²) in [5.41, 5.74) is 0.834. The quantitative estimate of drug-likeness (QED) is 0.492. The second-order valence-electron chi connectivity index (χ2n) is 5.20. The maximum Gasteiger partial charge on any atom is 0.514 e. The first-order valence-corrected chi connectivity index (χ1v) is 6.69.